The fourth-order valence-corrected chi connectivity index (χ4v) is 2.76. The van der Waals surface area contributed by atoms with Gasteiger partial charge in [0.05, 0.1) is 6.10 Å². The maximum Gasteiger partial charge on any atom is 0.135 e. The van der Waals surface area contributed by atoms with E-state index in [1.807, 2.05) is 37.4 Å². The number of aliphatic hydroxyl groups excluding tert-OH is 1. The van der Waals surface area contributed by atoms with E-state index in [-0.39, 0.29) is 0 Å². The summed E-state index contributed by atoms with van der Waals surface area (Å²) in [5.74, 6) is 0.630. The summed E-state index contributed by atoms with van der Waals surface area (Å²) in [5, 5.41) is 11.3. The average Bonchev–Trinajstić information content (AvgIpc) is 3.06. The first-order chi connectivity index (χ1) is 9.72. The van der Waals surface area contributed by atoms with Crippen molar-refractivity contribution in [2.75, 3.05) is 26.7 Å². The molecule has 0 radical (unpaired) electrons. The van der Waals surface area contributed by atoms with E-state index in [0.29, 0.717) is 18.4 Å². The minimum atomic E-state index is -0.603. The first-order valence-corrected chi connectivity index (χ1v) is 7.19. The van der Waals surface area contributed by atoms with Gasteiger partial charge < -0.3 is 19.2 Å². The minimum Gasteiger partial charge on any atom is -0.458 e. The number of fused-ring (bicyclic) bond motifs is 1. The summed E-state index contributed by atoms with van der Waals surface area (Å²) in [7, 11) is 2.01. The maximum absolute atomic E-state index is 10.3. The highest BCUT2D eigenvalue weighted by atomic mass is 16.5. The first kappa shape index (κ1) is 13.6. The number of para-hydroxylation sites is 1. The molecule has 4 heteroatoms. The second kappa shape index (κ2) is 5.95. The molecule has 2 unspecified atom stereocenters. The lowest BCUT2D eigenvalue weighted by Gasteiger charge is -2.22. The van der Waals surface area contributed by atoms with Gasteiger partial charge in [0.25, 0.3) is 0 Å². The number of furan rings is 1. The molecule has 1 aromatic carbocycles. The summed E-state index contributed by atoms with van der Waals surface area (Å²) in [6.45, 7) is 2.28. The van der Waals surface area contributed by atoms with E-state index in [9.17, 15) is 5.11 Å². The van der Waals surface area contributed by atoms with Crippen LogP contribution in [0.1, 0.15) is 24.7 Å². The van der Waals surface area contributed by atoms with E-state index < -0.39 is 6.10 Å². The molecule has 2 atom stereocenters. The second-order valence-corrected chi connectivity index (χ2v) is 5.56. The summed E-state index contributed by atoms with van der Waals surface area (Å²) in [6.07, 6.45) is 1.96. The quantitative estimate of drug-likeness (QED) is 0.911. The molecule has 0 spiro atoms. The Morgan fingerprint density at radius 3 is 3.00 bits per heavy atom. The van der Waals surface area contributed by atoms with Crippen molar-refractivity contribution in [2.45, 2.75) is 25.0 Å². The van der Waals surface area contributed by atoms with Crippen molar-refractivity contribution in [3.63, 3.8) is 0 Å². The zero-order valence-electron chi connectivity index (χ0n) is 11.8. The van der Waals surface area contributed by atoms with Crippen LogP contribution in [0.4, 0.5) is 0 Å². The Labute approximate surface area is 118 Å². The van der Waals surface area contributed by atoms with Crippen LogP contribution in [0.2, 0.25) is 0 Å². The molecule has 1 saturated heterocycles. The predicted octanol–water partition coefficient (Wildman–Crippen LogP) is 2.58. The smallest absolute Gasteiger partial charge is 0.135 e. The zero-order valence-corrected chi connectivity index (χ0v) is 11.8. The number of ether oxygens (including phenoxy) is 1. The van der Waals surface area contributed by atoms with Crippen LogP contribution in [0.3, 0.4) is 0 Å². The van der Waals surface area contributed by atoms with Gasteiger partial charge in [-0.2, -0.15) is 0 Å². The van der Waals surface area contributed by atoms with Crippen molar-refractivity contribution in [2.24, 2.45) is 0 Å². The van der Waals surface area contributed by atoms with Gasteiger partial charge in [0.2, 0.25) is 0 Å². The van der Waals surface area contributed by atoms with E-state index in [1.165, 1.54) is 0 Å². The zero-order chi connectivity index (χ0) is 13.9. The molecule has 1 aromatic heterocycles. The second-order valence-electron chi connectivity index (χ2n) is 5.56. The van der Waals surface area contributed by atoms with Crippen LogP contribution in [-0.4, -0.2) is 42.9 Å². The lowest BCUT2D eigenvalue weighted by atomic mass is 10.2. The maximum atomic E-state index is 10.3. The van der Waals surface area contributed by atoms with Crippen LogP contribution in [0.25, 0.3) is 11.0 Å². The third-order valence-electron chi connectivity index (χ3n) is 3.80. The molecule has 1 N–H and O–H groups in total. The molecular formula is C16H21NO3. The minimum absolute atomic E-state index is 0.308. The van der Waals surface area contributed by atoms with Gasteiger partial charge in [-0.1, -0.05) is 18.2 Å². The Balaban J connectivity index is 1.61. The molecule has 3 rings (SSSR count). The SMILES string of the molecule is CN(CC1CCCO1)CC(O)c1cc2ccccc2o1. The molecule has 1 aliphatic heterocycles. The molecule has 20 heavy (non-hydrogen) atoms. The fraction of sp³-hybridized carbons (Fsp3) is 0.500. The van der Waals surface area contributed by atoms with E-state index >= 15 is 0 Å². The molecule has 4 nitrogen and oxygen atoms in total. The first-order valence-electron chi connectivity index (χ1n) is 7.19. The predicted molar refractivity (Wildman–Crippen MR) is 77.6 cm³/mol. The topological polar surface area (TPSA) is 45.8 Å². The van der Waals surface area contributed by atoms with Gasteiger partial charge in [-0.25, -0.2) is 0 Å². The fourth-order valence-electron chi connectivity index (χ4n) is 2.76. The number of benzene rings is 1. The average molecular weight is 275 g/mol. The monoisotopic (exact) mass is 275 g/mol. The molecule has 108 valence electrons. The van der Waals surface area contributed by atoms with E-state index in [4.69, 9.17) is 9.15 Å². The molecule has 1 fully saturated rings. The van der Waals surface area contributed by atoms with Gasteiger partial charge in [-0.05, 0) is 32.0 Å². The Hall–Kier alpha value is -1.36. The van der Waals surface area contributed by atoms with E-state index in [1.54, 1.807) is 0 Å². The van der Waals surface area contributed by atoms with Crippen LogP contribution in [0.15, 0.2) is 34.7 Å². The van der Waals surface area contributed by atoms with Crippen LogP contribution in [0, 0.1) is 0 Å². The third-order valence-corrected chi connectivity index (χ3v) is 3.80. The molecule has 1 aliphatic rings. The van der Waals surface area contributed by atoms with Crippen molar-refractivity contribution in [1.82, 2.24) is 4.90 Å². The van der Waals surface area contributed by atoms with Crippen LogP contribution in [0.5, 0.6) is 0 Å². The Kier molecular flexibility index (Phi) is 4.05. The van der Waals surface area contributed by atoms with Crippen LogP contribution in [-0.2, 0) is 4.74 Å². The van der Waals surface area contributed by atoms with Gasteiger partial charge >= 0.3 is 0 Å². The standard InChI is InChI=1S/C16H21NO3/c1-17(10-13-6-4-8-19-13)11-14(18)16-9-12-5-2-3-7-15(12)20-16/h2-3,5,7,9,13-14,18H,4,6,8,10-11H2,1H3. The molecule has 0 bridgehead atoms. The largest absolute Gasteiger partial charge is 0.458 e. The summed E-state index contributed by atoms with van der Waals surface area (Å²) in [4.78, 5) is 2.10. The number of nitrogens with zero attached hydrogens (tertiary/aromatic N) is 1. The van der Waals surface area contributed by atoms with Gasteiger partial charge in [-0.3, -0.25) is 0 Å². The summed E-state index contributed by atoms with van der Waals surface area (Å²) < 4.78 is 11.3. The molecule has 0 aliphatic carbocycles. The molecule has 2 aromatic rings. The van der Waals surface area contributed by atoms with Gasteiger partial charge in [0.1, 0.15) is 17.4 Å². The van der Waals surface area contributed by atoms with Crippen molar-refractivity contribution in [1.29, 1.82) is 0 Å². The van der Waals surface area contributed by atoms with Crippen LogP contribution >= 0.6 is 0 Å². The van der Waals surface area contributed by atoms with Gasteiger partial charge in [0.15, 0.2) is 0 Å². The third kappa shape index (κ3) is 3.03. The highest BCUT2D eigenvalue weighted by Crippen LogP contribution is 2.24. The van der Waals surface area contributed by atoms with Gasteiger partial charge in [0, 0.05) is 25.1 Å². The lowest BCUT2D eigenvalue weighted by molar-refractivity contribution is 0.0549. The number of likely N-dealkylation sites (N-methyl/N-ethyl adjacent to an activating group) is 1. The van der Waals surface area contributed by atoms with Crippen molar-refractivity contribution < 1.29 is 14.3 Å². The number of hydrogen-bond donors (Lipinski definition) is 1. The molecular weight excluding hydrogens is 254 g/mol. The van der Waals surface area contributed by atoms with E-state index in [0.717, 1.165) is 37.0 Å². The van der Waals surface area contributed by atoms with E-state index in [2.05, 4.69) is 4.90 Å². The number of rotatable bonds is 5. The van der Waals surface area contributed by atoms with Crippen molar-refractivity contribution in [3.8, 4) is 0 Å². The van der Waals surface area contributed by atoms with Crippen molar-refractivity contribution in [3.05, 3.63) is 36.1 Å². The number of hydrogen-bond acceptors (Lipinski definition) is 4. The van der Waals surface area contributed by atoms with Gasteiger partial charge in [-0.15, -0.1) is 0 Å². The van der Waals surface area contributed by atoms with Crippen LogP contribution < -0.4 is 0 Å². The summed E-state index contributed by atoms with van der Waals surface area (Å²) >= 11 is 0. The molecule has 0 amide bonds. The summed E-state index contributed by atoms with van der Waals surface area (Å²) in [6, 6.07) is 9.73. The Morgan fingerprint density at radius 2 is 2.25 bits per heavy atom. The normalized spacial score (nSPS) is 20.9. The highest BCUT2D eigenvalue weighted by molar-refractivity contribution is 5.77. The molecule has 2 heterocycles. The molecule has 0 saturated carbocycles. The number of aliphatic hydroxyl groups is 1. The summed E-state index contributed by atoms with van der Waals surface area (Å²) in [5.41, 5.74) is 0.823. The van der Waals surface area contributed by atoms with Crippen molar-refractivity contribution >= 4 is 11.0 Å². The lowest BCUT2D eigenvalue weighted by Crippen LogP contribution is -2.32. The highest BCUT2D eigenvalue weighted by Gasteiger charge is 2.20. The Bertz CT molecular complexity index is 527. The Morgan fingerprint density at radius 1 is 1.40 bits per heavy atom.